The van der Waals surface area contributed by atoms with E-state index in [1.165, 1.54) is 219 Å². The fourth-order valence-corrected chi connectivity index (χ4v) is 6.37. The molecule has 1 aliphatic heterocycles. The number of hydrogen-bond donors (Lipinski definition) is 0. The fraction of sp³-hybridized carbons (Fsp3) is 1.00. The number of rotatable bonds is 30. The fourth-order valence-electron chi connectivity index (χ4n) is 6.37. The molecular formula is C36H74N2. The van der Waals surface area contributed by atoms with Crippen molar-refractivity contribution in [1.29, 1.82) is 0 Å². The summed E-state index contributed by atoms with van der Waals surface area (Å²) in [6, 6.07) is 0. The minimum absolute atomic E-state index is 1.25. The van der Waals surface area contributed by atoms with Crippen LogP contribution in [-0.4, -0.2) is 42.6 Å². The second-order valence-electron chi connectivity index (χ2n) is 12.9. The maximum Gasteiger partial charge on any atom is 0.0506 e. The lowest BCUT2D eigenvalue weighted by Crippen LogP contribution is -2.45. The second-order valence-corrected chi connectivity index (χ2v) is 12.9. The molecule has 1 saturated heterocycles. The molecule has 0 aromatic heterocycles. The van der Waals surface area contributed by atoms with Crippen LogP contribution in [0.4, 0.5) is 0 Å². The van der Waals surface area contributed by atoms with Crippen molar-refractivity contribution in [3.05, 3.63) is 0 Å². The predicted octanol–water partition coefficient (Wildman–Crippen LogP) is 11.9. The van der Waals surface area contributed by atoms with Crippen molar-refractivity contribution < 1.29 is 0 Å². The first-order valence-corrected chi connectivity index (χ1v) is 18.3. The molecule has 2 nitrogen and oxygen atoms in total. The van der Waals surface area contributed by atoms with Gasteiger partial charge in [0.15, 0.2) is 0 Å². The molecule has 0 aliphatic carbocycles. The Labute approximate surface area is 242 Å². The van der Waals surface area contributed by atoms with Crippen molar-refractivity contribution in [2.75, 3.05) is 32.8 Å². The van der Waals surface area contributed by atoms with E-state index in [0.29, 0.717) is 0 Å². The molecule has 1 rings (SSSR count). The summed E-state index contributed by atoms with van der Waals surface area (Å²) in [5, 5.41) is 0. The van der Waals surface area contributed by atoms with E-state index in [9.17, 15) is 0 Å². The highest BCUT2D eigenvalue weighted by molar-refractivity contribution is 4.69. The van der Waals surface area contributed by atoms with Crippen LogP contribution in [0.1, 0.15) is 200 Å². The van der Waals surface area contributed by atoms with Gasteiger partial charge in [-0.3, -0.25) is 9.80 Å². The van der Waals surface area contributed by atoms with Gasteiger partial charge in [0.25, 0.3) is 0 Å². The summed E-state index contributed by atoms with van der Waals surface area (Å²) in [6.45, 7) is 11.2. The van der Waals surface area contributed by atoms with Gasteiger partial charge in [-0.2, -0.15) is 0 Å². The van der Waals surface area contributed by atoms with Gasteiger partial charge in [0.05, 0.1) is 6.67 Å². The molecule has 0 radical (unpaired) electrons. The Morgan fingerprint density at radius 3 is 0.816 bits per heavy atom. The highest BCUT2D eigenvalue weighted by atomic mass is 15.3. The Bertz CT molecular complexity index is 399. The van der Waals surface area contributed by atoms with Crippen molar-refractivity contribution in [2.24, 2.45) is 0 Å². The zero-order valence-corrected chi connectivity index (χ0v) is 26.9. The van der Waals surface area contributed by atoms with Crippen LogP contribution in [0.25, 0.3) is 0 Å². The summed E-state index contributed by atoms with van der Waals surface area (Å²) in [5.74, 6) is 0. The average molecular weight is 535 g/mol. The van der Waals surface area contributed by atoms with Gasteiger partial charge < -0.3 is 0 Å². The molecular weight excluding hydrogens is 460 g/mol. The minimum Gasteiger partial charge on any atom is -0.290 e. The minimum atomic E-state index is 1.25. The summed E-state index contributed by atoms with van der Waals surface area (Å²) in [7, 11) is 0. The first-order valence-electron chi connectivity index (χ1n) is 18.3. The average Bonchev–Trinajstić information content (AvgIpc) is 2.93. The monoisotopic (exact) mass is 535 g/mol. The molecule has 0 N–H and O–H groups in total. The van der Waals surface area contributed by atoms with Crippen LogP contribution in [0.3, 0.4) is 0 Å². The van der Waals surface area contributed by atoms with Gasteiger partial charge in [0, 0.05) is 13.1 Å². The van der Waals surface area contributed by atoms with E-state index < -0.39 is 0 Å². The molecule has 0 aromatic rings. The van der Waals surface area contributed by atoms with E-state index in [2.05, 4.69) is 23.6 Å². The summed E-state index contributed by atoms with van der Waals surface area (Å²) >= 11 is 0. The lowest BCUT2D eigenvalue weighted by Gasteiger charge is -2.35. The van der Waals surface area contributed by atoms with Crippen molar-refractivity contribution >= 4 is 0 Å². The number of nitrogens with zero attached hydrogens (tertiary/aromatic N) is 2. The molecule has 2 heteroatoms. The topological polar surface area (TPSA) is 6.48 Å². The normalized spacial score (nSPS) is 15.0. The Morgan fingerprint density at radius 2 is 0.553 bits per heavy atom. The van der Waals surface area contributed by atoms with Crippen LogP contribution < -0.4 is 0 Å². The lowest BCUT2D eigenvalue weighted by atomic mass is 10.0. The van der Waals surface area contributed by atoms with Gasteiger partial charge in [-0.15, -0.1) is 0 Å². The van der Waals surface area contributed by atoms with Crippen LogP contribution in [0.2, 0.25) is 0 Å². The van der Waals surface area contributed by atoms with Crippen LogP contribution in [0.15, 0.2) is 0 Å². The summed E-state index contributed by atoms with van der Waals surface area (Å²) < 4.78 is 0. The van der Waals surface area contributed by atoms with Gasteiger partial charge >= 0.3 is 0 Å². The van der Waals surface area contributed by atoms with Gasteiger partial charge in [0.2, 0.25) is 0 Å². The summed E-state index contributed by atoms with van der Waals surface area (Å²) in [4.78, 5) is 5.49. The van der Waals surface area contributed by atoms with E-state index in [1.54, 1.807) is 0 Å². The predicted molar refractivity (Wildman–Crippen MR) is 173 cm³/mol. The molecule has 0 aromatic carbocycles. The molecule has 0 unspecified atom stereocenters. The summed E-state index contributed by atoms with van der Waals surface area (Å²) in [5.41, 5.74) is 0. The Balaban J connectivity index is 1.80. The van der Waals surface area contributed by atoms with E-state index >= 15 is 0 Å². The molecule has 0 bridgehead atoms. The van der Waals surface area contributed by atoms with Gasteiger partial charge in [0.1, 0.15) is 0 Å². The maximum absolute atomic E-state index is 2.74. The number of unbranched alkanes of at least 4 members (excludes halogenated alkanes) is 26. The molecule has 0 amide bonds. The third-order valence-electron chi connectivity index (χ3n) is 9.00. The zero-order valence-electron chi connectivity index (χ0n) is 26.9. The van der Waals surface area contributed by atoms with Crippen LogP contribution in [0, 0.1) is 0 Å². The molecule has 0 spiro atoms. The van der Waals surface area contributed by atoms with E-state index in [1.807, 2.05) is 0 Å². The summed E-state index contributed by atoms with van der Waals surface area (Å²) in [6.07, 6.45) is 42.3. The SMILES string of the molecule is CCCCCCCCCCCCCCCCN1CCCN(CCCCCCCCCCCCCCCC)C1. The van der Waals surface area contributed by atoms with Crippen LogP contribution in [0.5, 0.6) is 0 Å². The third kappa shape index (κ3) is 24.9. The van der Waals surface area contributed by atoms with Gasteiger partial charge in [-0.1, -0.05) is 181 Å². The maximum atomic E-state index is 2.74. The highest BCUT2D eigenvalue weighted by Crippen LogP contribution is 2.16. The molecule has 1 fully saturated rings. The van der Waals surface area contributed by atoms with Crippen molar-refractivity contribution in [3.8, 4) is 0 Å². The van der Waals surface area contributed by atoms with Gasteiger partial charge in [-0.05, 0) is 32.4 Å². The largest absolute Gasteiger partial charge is 0.290 e. The smallest absolute Gasteiger partial charge is 0.0506 e. The first-order chi connectivity index (χ1) is 18.9. The standard InChI is InChI=1S/C36H74N2/c1-3-5-7-9-11-13-15-17-19-21-23-25-27-29-32-37-34-31-35-38(36-37)33-30-28-26-24-22-20-18-16-14-12-10-8-6-4-2/h3-36H2,1-2H3. The Hall–Kier alpha value is -0.0800. The first kappa shape index (κ1) is 35.9. The second kappa shape index (κ2) is 29.9. The van der Waals surface area contributed by atoms with E-state index in [-0.39, 0.29) is 0 Å². The zero-order chi connectivity index (χ0) is 27.2. The highest BCUT2D eigenvalue weighted by Gasteiger charge is 2.16. The third-order valence-corrected chi connectivity index (χ3v) is 9.00. The molecule has 0 atom stereocenters. The Morgan fingerprint density at radius 1 is 0.316 bits per heavy atom. The molecule has 38 heavy (non-hydrogen) atoms. The lowest BCUT2D eigenvalue weighted by molar-refractivity contribution is 0.0829. The van der Waals surface area contributed by atoms with Crippen LogP contribution >= 0.6 is 0 Å². The van der Waals surface area contributed by atoms with Crippen LogP contribution in [-0.2, 0) is 0 Å². The van der Waals surface area contributed by atoms with Crippen molar-refractivity contribution in [1.82, 2.24) is 9.80 Å². The molecule has 228 valence electrons. The molecule has 0 saturated carbocycles. The van der Waals surface area contributed by atoms with Crippen molar-refractivity contribution in [3.63, 3.8) is 0 Å². The molecule has 1 heterocycles. The van der Waals surface area contributed by atoms with Gasteiger partial charge in [-0.25, -0.2) is 0 Å². The number of hydrogen-bond acceptors (Lipinski definition) is 2. The van der Waals surface area contributed by atoms with E-state index in [0.717, 1.165) is 0 Å². The Kier molecular flexibility index (Phi) is 28.3. The molecule has 1 aliphatic rings. The van der Waals surface area contributed by atoms with Crippen molar-refractivity contribution in [2.45, 2.75) is 200 Å². The van der Waals surface area contributed by atoms with E-state index in [4.69, 9.17) is 0 Å². The quantitative estimate of drug-likeness (QED) is 0.0845.